The van der Waals surface area contributed by atoms with Gasteiger partial charge in [0.15, 0.2) is 0 Å². The number of amides is 1. The highest BCUT2D eigenvalue weighted by atomic mass is 16.5. The summed E-state index contributed by atoms with van der Waals surface area (Å²) >= 11 is 0. The van der Waals surface area contributed by atoms with E-state index in [2.05, 4.69) is 32.5 Å². The molecule has 0 bridgehead atoms. The Hall–Kier alpha value is -3.91. The number of benzene rings is 2. The standard InChI is InChI=1S/C23H26N6O2/c1-3-21(30)26-17-7-4-8-18(13-17)27-22-16(2)15-25-23(29-22)28-19-9-5-10-20(14-19)31-12-6-11-24/h3-5,7-10,13-15H,1,6,11-12,24H2,2H3,(H,26,30)(H2,25,27,28,29). The molecule has 31 heavy (non-hydrogen) atoms. The van der Waals surface area contributed by atoms with Gasteiger partial charge in [0.2, 0.25) is 11.9 Å². The molecular formula is C23H26N6O2. The molecule has 0 saturated carbocycles. The second kappa shape index (κ2) is 10.7. The molecule has 0 fully saturated rings. The van der Waals surface area contributed by atoms with Crippen molar-refractivity contribution in [2.45, 2.75) is 13.3 Å². The van der Waals surface area contributed by atoms with Crippen molar-refractivity contribution >= 4 is 34.7 Å². The van der Waals surface area contributed by atoms with Gasteiger partial charge in [-0.2, -0.15) is 4.98 Å². The second-order valence-electron chi connectivity index (χ2n) is 6.77. The summed E-state index contributed by atoms with van der Waals surface area (Å²) < 4.78 is 5.68. The van der Waals surface area contributed by atoms with Crippen molar-refractivity contribution < 1.29 is 9.53 Å². The van der Waals surface area contributed by atoms with Crippen molar-refractivity contribution in [3.63, 3.8) is 0 Å². The van der Waals surface area contributed by atoms with Gasteiger partial charge in [0.1, 0.15) is 11.6 Å². The largest absolute Gasteiger partial charge is 0.493 e. The number of nitrogens with two attached hydrogens (primary N) is 1. The fourth-order valence-corrected chi connectivity index (χ4v) is 2.70. The number of anilines is 5. The Bertz CT molecular complexity index is 1050. The summed E-state index contributed by atoms with van der Waals surface area (Å²) in [4.78, 5) is 20.5. The molecule has 0 aliphatic carbocycles. The van der Waals surface area contributed by atoms with Crippen LogP contribution in [0.1, 0.15) is 12.0 Å². The predicted octanol–water partition coefficient (Wildman–Crippen LogP) is 4.12. The Balaban J connectivity index is 1.72. The Morgan fingerprint density at radius 1 is 1.13 bits per heavy atom. The summed E-state index contributed by atoms with van der Waals surface area (Å²) in [5, 5.41) is 9.21. The van der Waals surface area contributed by atoms with Gasteiger partial charge in [0.05, 0.1) is 6.61 Å². The van der Waals surface area contributed by atoms with Crippen molar-refractivity contribution in [2.75, 3.05) is 29.1 Å². The monoisotopic (exact) mass is 418 g/mol. The molecule has 0 aliphatic heterocycles. The number of ether oxygens (including phenoxy) is 1. The fraction of sp³-hybridized carbons (Fsp3) is 0.174. The zero-order valence-electron chi connectivity index (χ0n) is 17.4. The Kier molecular flexibility index (Phi) is 7.56. The number of carbonyl (C=O) groups is 1. The molecule has 0 radical (unpaired) electrons. The lowest BCUT2D eigenvalue weighted by atomic mass is 10.2. The van der Waals surface area contributed by atoms with Crippen LogP contribution < -0.4 is 26.4 Å². The number of nitrogens with one attached hydrogen (secondary N) is 3. The molecule has 3 rings (SSSR count). The molecule has 160 valence electrons. The smallest absolute Gasteiger partial charge is 0.247 e. The predicted molar refractivity (Wildman–Crippen MR) is 124 cm³/mol. The van der Waals surface area contributed by atoms with Gasteiger partial charge in [-0.1, -0.05) is 18.7 Å². The van der Waals surface area contributed by atoms with Crippen LogP contribution in [0.2, 0.25) is 0 Å². The molecule has 2 aromatic carbocycles. The summed E-state index contributed by atoms with van der Waals surface area (Å²) in [6.45, 7) is 6.54. The highest BCUT2D eigenvalue weighted by molar-refractivity contribution is 5.99. The first-order valence-electron chi connectivity index (χ1n) is 9.91. The lowest BCUT2D eigenvalue weighted by Crippen LogP contribution is -2.07. The molecule has 8 nitrogen and oxygen atoms in total. The topological polar surface area (TPSA) is 114 Å². The Labute approximate surface area is 181 Å². The number of carbonyl (C=O) groups excluding carboxylic acids is 1. The van der Waals surface area contributed by atoms with Crippen LogP contribution in [0, 0.1) is 6.92 Å². The minimum atomic E-state index is -0.268. The van der Waals surface area contributed by atoms with Crippen molar-refractivity contribution in [1.82, 2.24) is 9.97 Å². The van der Waals surface area contributed by atoms with Crippen LogP contribution in [0.5, 0.6) is 5.75 Å². The molecule has 8 heteroatoms. The van der Waals surface area contributed by atoms with Crippen LogP contribution in [0.4, 0.5) is 28.8 Å². The molecule has 0 spiro atoms. The van der Waals surface area contributed by atoms with E-state index in [-0.39, 0.29) is 5.91 Å². The fourth-order valence-electron chi connectivity index (χ4n) is 2.70. The van der Waals surface area contributed by atoms with Gasteiger partial charge in [-0.05, 0) is 56.3 Å². The first-order chi connectivity index (χ1) is 15.1. The van der Waals surface area contributed by atoms with Crippen molar-refractivity contribution in [1.29, 1.82) is 0 Å². The van der Waals surface area contributed by atoms with Crippen molar-refractivity contribution in [3.8, 4) is 5.75 Å². The van der Waals surface area contributed by atoms with Crippen LogP contribution in [-0.4, -0.2) is 29.0 Å². The number of nitrogens with zero attached hydrogens (tertiary/aromatic N) is 2. The van der Waals surface area contributed by atoms with Gasteiger partial charge < -0.3 is 26.4 Å². The Morgan fingerprint density at radius 3 is 2.65 bits per heavy atom. The highest BCUT2D eigenvalue weighted by Crippen LogP contribution is 2.24. The normalized spacial score (nSPS) is 10.3. The van der Waals surface area contributed by atoms with E-state index >= 15 is 0 Å². The van der Waals surface area contributed by atoms with E-state index < -0.39 is 0 Å². The van der Waals surface area contributed by atoms with Gasteiger partial charge in [-0.25, -0.2) is 4.98 Å². The minimum Gasteiger partial charge on any atom is -0.493 e. The maximum atomic E-state index is 11.5. The number of hydrogen-bond acceptors (Lipinski definition) is 7. The summed E-state index contributed by atoms with van der Waals surface area (Å²) in [5.74, 6) is 1.58. The number of aryl methyl sites for hydroxylation is 1. The SMILES string of the molecule is C=CC(=O)Nc1cccc(Nc2nc(Nc3cccc(OCCCN)c3)ncc2C)c1. The quantitative estimate of drug-likeness (QED) is 0.289. The van der Waals surface area contributed by atoms with Crippen LogP contribution in [0.25, 0.3) is 0 Å². The van der Waals surface area contributed by atoms with E-state index in [9.17, 15) is 4.79 Å². The molecule has 0 unspecified atom stereocenters. The maximum Gasteiger partial charge on any atom is 0.247 e. The van der Waals surface area contributed by atoms with E-state index in [0.717, 1.165) is 29.1 Å². The van der Waals surface area contributed by atoms with Crippen molar-refractivity contribution in [2.24, 2.45) is 5.73 Å². The number of rotatable bonds is 10. The van der Waals surface area contributed by atoms with Crippen LogP contribution in [0.15, 0.2) is 67.4 Å². The summed E-state index contributed by atoms with van der Waals surface area (Å²) in [6, 6.07) is 14.9. The summed E-state index contributed by atoms with van der Waals surface area (Å²) in [7, 11) is 0. The number of hydrogen-bond donors (Lipinski definition) is 4. The molecule has 1 aromatic heterocycles. The second-order valence-corrected chi connectivity index (χ2v) is 6.77. The first kappa shape index (κ1) is 21.8. The first-order valence-corrected chi connectivity index (χ1v) is 9.91. The lowest BCUT2D eigenvalue weighted by molar-refractivity contribution is -0.111. The molecule has 0 saturated heterocycles. The third-order valence-electron chi connectivity index (χ3n) is 4.26. The molecule has 0 atom stereocenters. The zero-order valence-corrected chi connectivity index (χ0v) is 17.4. The maximum absolute atomic E-state index is 11.5. The van der Waals surface area contributed by atoms with Crippen LogP contribution >= 0.6 is 0 Å². The molecule has 1 heterocycles. The Morgan fingerprint density at radius 2 is 1.87 bits per heavy atom. The highest BCUT2D eigenvalue weighted by Gasteiger charge is 2.07. The minimum absolute atomic E-state index is 0.268. The van der Waals surface area contributed by atoms with E-state index in [1.807, 2.05) is 49.4 Å². The van der Waals surface area contributed by atoms with E-state index in [0.29, 0.717) is 30.6 Å². The van der Waals surface area contributed by atoms with Crippen LogP contribution in [-0.2, 0) is 4.79 Å². The van der Waals surface area contributed by atoms with Crippen LogP contribution in [0.3, 0.4) is 0 Å². The van der Waals surface area contributed by atoms with Gasteiger partial charge in [0.25, 0.3) is 0 Å². The summed E-state index contributed by atoms with van der Waals surface area (Å²) in [6.07, 6.45) is 3.76. The molecule has 5 N–H and O–H groups in total. The van der Waals surface area contributed by atoms with Gasteiger partial charge in [0, 0.05) is 34.9 Å². The van der Waals surface area contributed by atoms with E-state index in [1.165, 1.54) is 6.08 Å². The zero-order chi connectivity index (χ0) is 22.1. The van der Waals surface area contributed by atoms with Crippen molar-refractivity contribution in [3.05, 3.63) is 72.9 Å². The summed E-state index contributed by atoms with van der Waals surface area (Å²) in [5.41, 5.74) is 8.64. The third kappa shape index (κ3) is 6.55. The molecular weight excluding hydrogens is 392 g/mol. The average Bonchev–Trinajstić information content (AvgIpc) is 2.77. The molecule has 0 aliphatic rings. The van der Waals surface area contributed by atoms with E-state index in [1.54, 1.807) is 12.3 Å². The van der Waals surface area contributed by atoms with Gasteiger partial charge in [-0.15, -0.1) is 0 Å². The lowest BCUT2D eigenvalue weighted by Gasteiger charge is -2.13. The van der Waals surface area contributed by atoms with E-state index in [4.69, 9.17) is 10.5 Å². The van der Waals surface area contributed by atoms with Gasteiger partial charge >= 0.3 is 0 Å². The third-order valence-corrected chi connectivity index (χ3v) is 4.26. The average molecular weight is 419 g/mol. The van der Waals surface area contributed by atoms with Gasteiger partial charge in [-0.3, -0.25) is 4.79 Å². The number of aromatic nitrogens is 2. The molecule has 1 amide bonds. The molecule has 3 aromatic rings.